The number of anilines is 2. The highest BCUT2D eigenvalue weighted by Gasteiger charge is 2.08. The van der Waals surface area contributed by atoms with Crippen LogP contribution in [0.4, 0.5) is 11.4 Å². The number of nitrogens with one attached hydrogen (secondary N) is 2. The number of nitrogens with zero attached hydrogens (tertiary/aromatic N) is 1. The van der Waals surface area contributed by atoms with E-state index in [1.165, 1.54) is 0 Å². The lowest BCUT2D eigenvalue weighted by Gasteiger charge is -2.13. The molecule has 0 fully saturated rings. The molecule has 1 heterocycles. The minimum absolute atomic E-state index is 0.0656. The molecule has 5 nitrogen and oxygen atoms in total. The van der Waals surface area contributed by atoms with Gasteiger partial charge in [-0.15, -0.1) is 11.3 Å². The second-order valence-corrected chi connectivity index (χ2v) is 6.49. The highest BCUT2D eigenvalue weighted by molar-refractivity contribution is 7.10. The van der Waals surface area contributed by atoms with E-state index in [4.69, 9.17) is 0 Å². The normalized spacial score (nSPS) is 11.0. The summed E-state index contributed by atoms with van der Waals surface area (Å²) in [6.07, 6.45) is 1.80. The third-order valence-corrected chi connectivity index (χ3v) is 4.16. The van der Waals surface area contributed by atoms with Crippen molar-refractivity contribution in [2.24, 2.45) is 0 Å². The summed E-state index contributed by atoms with van der Waals surface area (Å²) in [6.45, 7) is 1.66. The molecule has 0 aliphatic carbocycles. The number of hydrogen-bond donors (Lipinski definition) is 2. The summed E-state index contributed by atoms with van der Waals surface area (Å²) >= 11 is 1.56. The van der Waals surface area contributed by atoms with Gasteiger partial charge in [-0.25, -0.2) is 0 Å². The quantitative estimate of drug-likeness (QED) is 0.793. The third-order valence-electron chi connectivity index (χ3n) is 3.34. The van der Waals surface area contributed by atoms with Crippen LogP contribution in [0.2, 0.25) is 0 Å². The van der Waals surface area contributed by atoms with Gasteiger partial charge in [0, 0.05) is 35.9 Å². The first kappa shape index (κ1) is 17.7. The van der Waals surface area contributed by atoms with Crippen molar-refractivity contribution in [3.63, 3.8) is 0 Å². The van der Waals surface area contributed by atoms with E-state index < -0.39 is 0 Å². The summed E-state index contributed by atoms with van der Waals surface area (Å²) in [4.78, 5) is 26.9. The lowest BCUT2D eigenvalue weighted by molar-refractivity contribution is -0.121. The smallest absolute Gasteiger partial charge is 0.247 e. The molecule has 0 atom stereocenters. The second-order valence-electron chi connectivity index (χ2n) is 5.51. The van der Waals surface area contributed by atoms with Crippen molar-refractivity contribution in [2.75, 3.05) is 30.9 Å². The zero-order valence-corrected chi connectivity index (χ0v) is 14.8. The van der Waals surface area contributed by atoms with Gasteiger partial charge >= 0.3 is 0 Å². The molecule has 126 valence electrons. The van der Waals surface area contributed by atoms with Crippen molar-refractivity contribution in [1.29, 1.82) is 0 Å². The molecule has 2 amide bonds. The van der Waals surface area contributed by atoms with Crippen LogP contribution in [-0.4, -0.2) is 32.5 Å². The molecular weight excluding hydrogens is 322 g/mol. The molecule has 0 saturated carbocycles. The van der Waals surface area contributed by atoms with Crippen molar-refractivity contribution in [3.8, 4) is 0 Å². The summed E-state index contributed by atoms with van der Waals surface area (Å²) in [5.41, 5.74) is 2.32. The molecule has 0 bridgehead atoms. The third kappa shape index (κ3) is 5.24. The van der Waals surface area contributed by atoms with Crippen molar-refractivity contribution in [2.45, 2.75) is 6.92 Å². The van der Waals surface area contributed by atoms with Crippen LogP contribution in [0.15, 0.2) is 47.4 Å². The maximum absolute atomic E-state index is 12.0. The lowest BCUT2D eigenvalue weighted by Crippen LogP contribution is -2.33. The molecule has 6 heteroatoms. The Hall–Kier alpha value is -2.60. The van der Waals surface area contributed by atoms with Gasteiger partial charge in [-0.3, -0.25) is 9.59 Å². The van der Waals surface area contributed by atoms with Gasteiger partial charge in [0.2, 0.25) is 11.8 Å². The largest absolute Gasteiger partial charge is 0.378 e. The maximum atomic E-state index is 12.0. The lowest BCUT2D eigenvalue weighted by atomic mass is 10.2. The van der Waals surface area contributed by atoms with Gasteiger partial charge in [0.1, 0.15) is 0 Å². The molecule has 2 aromatic rings. The predicted octanol–water partition coefficient (Wildman–Crippen LogP) is 2.97. The Morgan fingerprint density at radius 3 is 2.46 bits per heavy atom. The van der Waals surface area contributed by atoms with Crippen LogP contribution in [0.25, 0.3) is 6.08 Å². The topological polar surface area (TPSA) is 61.4 Å². The van der Waals surface area contributed by atoms with Gasteiger partial charge in [-0.2, -0.15) is 0 Å². The molecule has 1 aromatic heterocycles. The monoisotopic (exact) mass is 343 g/mol. The average Bonchev–Trinajstić information content (AvgIpc) is 3.06. The van der Waals surface area contributed by atoms with Crippen molar-refractivity contribution < 1.29 is 9.59 Å². The molecule has 0 unspecified atom stereocenters. The van der Waals surface area contributed by atoms with E-state index in [1.807, 2.05) is 60.8 Å². The second kappa shape index (κ2) is 8.31. The Kier molecular flexibility index (Phi) is 6.14. The van der Waals surface area contributed by atoms with Crippen molar-refractivity contribution in [1.82, 2.24) is 5.32 Å². The SMILES string of the molecule is C/C(=C\c1cccs1)C(=O)NCC(=O)Nc1ccc(N(C)C)cc1. The fourth-order valence-electron chi connectivity index (χ4n) is 2.00. The molecule has 0 radical (unpaired) electrons. The Morgan fingerprint density at radius 2 is 1.88 bits per heavy atom. The van der Waals surface area contributed by atoms with Gasteiger partial charge in [-0.1, -0.05) is 6.07 Å². The highest BCUT2D eigenvalue weighted by Crippen LogP contribution is 2.15. The van der Waals surface area contributed by atoms with Gasteiger partial charge < -0.3 is 15.5 Å². The minimum atomic E-state index is -0.259. The van der Waals surface area contributed by atoms with Crippen molar-refractivity contribution in [3.05, 3.63) is 52.2 Å². The first-order valence-corrected chi connectivity index (χ1v) is 8.41. The first-order valence-electron chi connectivity index (χ1n) is 7.53. The molecule has 0 spiro atoms. The van der Waals surface area contributed by atoms with E-state index in [9.17, 15) is 9.59 Å². The summed E-state index contributed by atoms with van der Waals surface area (Å²) in [7, 11) is 3.91. The zero-order chi connectivity index (χ0) is 17.5. The first-order chi connectivity index (χ1) is 11.5. The Labute approximate surface area is 146 Å². The van der Waals surface area contributed by atoms with Crippen LogP contribution in [0.3, 0.4) is 0 Å². The molecule has 0 aliphatic heterocycles. The van der Waals surface area contributed by atoms with Gasteiger partial charge in [0.05, 0.1) is 6.54 Å². The minimum Gasteiger partial charge on any atom is -0.378 e. The molecule has 0 saturated heterocycles. The van der Waals surface area contributed by atoms with E-state index in [-0.39, 0.29) is 18.4 Å². The average molecular weight is 343 g/mol. The van der Waals surface area contributed by atoms with Crippen LogP contribution >= 0.6 is 11.3 Å². The van der Waals surface area contributed by atoms with Gasteiger partial charge in [0.15, 0.2) is 0 Å². The fraction of sp³-hybridized carbons (Fsp3) is 0.222. The number of hydrogen-bond acceptors (Lipinski definition) is 4. The molecule has 2 rings (SSSR count). The summed E-state index contributed by atoms with van der Waals surface area (Å²) in [6, 6.07) is 11.4. The van der Waals surface area contributed by atoms with E-state index in [1.54, 1.807) is 24.3 Å². The number of carbonyl (C=O) groups excluding carboxylic acids is 2. The zero-order valence-electron chi connectivity index (χ0n) is 14.0. The fourth-order valence-corrected chi connectivity index (χ4v) is 2.72. The molecule has 2 N–H and O–H groups in total. The van der Waals surface area contributed by atoms with Crippen LogP contribution < -0.4 is 15.5 Å². The number of carbonyl (C=O) groups is 2. The molecule has 0 aliphatic rings. The number of amides is 2. The standard InChI is InChI=1S/C18H21N3O2S/c1-13(11-16-5-4-10-24-16)18(23)19-12-17(22)20-14-6-8-15(9-7-14)21(2)3/h4-11H,12H2,1-3H3,(H,19,23)(H,20,22)/b13-11+. The van der Waals surface area contributed by atoms with Crippen LogP contribution in [0.1, 0.15) is 11.8 Å². The van der Waals surface area contributed by atoms with Crippen LogP contribution in [0.5, 0.6) is 0 Å². The summed E-state index contributed by atoms with van der Waals surface area (Å²) in [5.74, 6) is -0.508. The molecule has 1 aromatic carbocycles. The number of benzene rings is 1. The van der Waals surface area contributed by atoms with E-state index in [2.05, 4.69) is 10.6 Å². The predicted molar refractivity (Wildman–Crippen MR) is 100 cm³/mol. The van der Waals surface area contributed by atoms with Crippen LogP contribution in [-0.2, 0) is 9.59 Å². The number of rotatable bonds is 6. The van der Waals surface area contributed by atoms with Crippen molar-refractivity contribution >= 4 is 40.6 Å². The summed E-state index contributed by atoms with van der Waals surface area (Å²) in [5, 5.41) is 7.33. The number of thiophene rings is 1. The molecule has 24 heavy (non-hydrogen) atoms. The van der Waals surface area contributed by atoms with Crippen LogP contribution in [0, 0.1) is 0 Å². The summed E-state index contributed by atoms with van der Waals surface area (Å²) < 4.78 is 0. The van der Waals surface area contributed by atoms with Gasteiger partial charge in [0.25, 0.3) is 0 Å². The maximum Gasteiger partial charge on any atom is 0.247 e. The highest BCUT2D eigenvalue weighted by atomic mass is 32.1. The van der Waals surface area contributed by atoms with E-state index >= 15 is 0 Å². The Balaban J connectivity index is 1.83. The Bertz CT molecular complexity index is 719. The molecular formula is C18H21N3O2S. The Morgan fingerprint density at radius 1 is 1.17 bits per heavy atom. The van der Waals surface area contributed by atoms with E-state index in [0.29, 0.717) is 11.3 Å². The van der Waals surface area contributed by atoms with E-state index in [0.717, 1.165) is 10.6 Å². The van der Waals surface area contributed by atoms with Gasteiger partial charge in [-0.05, 0) is 48.7 Å².